The summed E-state index contributed by atoms with van der Waals surface area (Å²) in [6.45, 7) is 2.54. The van der Waals surface area contributed by atoms with Crippen LogP contribution in [0.15, 0.2) is 0 Å². The van der Waals surface area contributed by atoms with Crippen molar-refractivity contribution in [3.63, 3.8) is 0 Å². The van der Waals surface area contributed by atoms with Crippen LogP contribution in [0.5, 0.6) is 0 Å². The number of rotatable bonds is 2. The molecule has 0 bridgehead atoms. The third kappa shape index (κ3) is 3.42. The molecule has 2 rings (SSSR count). The molecule has 4 N–H and O–H groups in total. The fourth-order valence-electron chi connectivity index (χ4n) is 3.20. The highest BCUT2D eigenvalue weighted by atomic mass is 16.4. The molecule has 20 heavy (non-hydrogen) atoms. The second-order valence-corrected chi connectivity index (χ2v) is 6.18. The van der Waals surface area contributed by atoms with Gasteiger partial charge in [0.1, 0.15) is 6.04 Å². The van der Waals surface area contributed by atoms with Crippen molar-refractivity contribution in [1.82, 2.24) is 10.2 Å². The maximum absolute atomic E-state index is 12.3. The Bertz CT molecular complexity index is 375. The summed E-state index contributed by atoms with van der Waals surface area (Å²) in [6, 6.07) is -1.02. The first-order valence-corrected chi connectivity index (χ1v) is 7.54. The number of nitrogens with one attached hydrogen (secondary N) is 1. The molecular weight excluding hydrogens is 258 g/mol. The summed E-state index contributed by atoms with van der Waals surface area (Å²) in [6.07, 6.45) is 5.36. The van der Waals surface area contributed by atoms with Crippen LogP contribution in [0, 0.1) is 5.92 Å². The van der Waals surface area contributed by atoms with E-state index >= 15 is 0 Å². The maximum Gasteiger partial charge on any atom is 0.326 e. The van der Waals surface area contributed by atoms with Gasteiger partial charge in [0.25, 0.3) is 0 Å². The second kappa shape index (κ2) is 6.43. The number of nitrogens with two attached hydrogens (primary N) is 1. The van der Waals surface area contributed by atoms with Gasteiger partial charge in [-0.05, 0) is 31.6 Å². The van der Waals surface area contributed by atoms with Gasteiger partial charge in [-0.15, -0.1) is 0 Å². The van der Waals surface area contributed by atoms with E-state index in [4.69, 9.17) is 5.73 Å². The topological polar surface area (TPSA) is 95.7 Å². The average molecular weight is 283 g/mol. The van der Waals surface area contributed by atoms with E-state index in [-0.39, 0.29) is 18.1 Å². The number of hydrogen-bond donors (Lipinski definition) is 3. The van der Waals surface area contributed by atoms with E-state index in [1.165, 1.54) is 4.90 Å². The van der Waals surface area contributed by atoms with Gasteiger partial charge < -0.3 is 21.1 Å². The first-order valence-electron chi connectivity index (χ1n) is 7.54. The SMILES string of the molecule is CC1CCN(C(=O)NC2CCCCC2N)C(C(=O)O)C1. The Labute approximate surface area is 119 Å². The van der Waals surface area contributed by atoms with Crippen LogP contribution in [0.25, 0.3) is 0 Å². The highest BCUT2D eigenvalue weighted by molar-refractivity contribution is 5.83. The van der Waals surface area contributed by atoms with Crippen molar-refractivity contribution in [2.24, 2.45) is 11.7 Å². The van der Waals surface area contributed by atoms with Crippen molar-refractivity contribution < 1.29 is 14.7 Å². The maximum atomic E-state index is 12.3. The minimum Gasteiger partial charge on any atom is -0.480 e. The number of urea groups is 1. The lowest BCUT2D eigenvalue weighted by molar-refractivity contribution is -0.143. The summed E-state index contributed by atoms with van der Waals surface area (Å²) in [5.74, 6) is -0.572. The average Bonchev–Trinajstić information content (AvgIpc) is 2.41. The van der Waals surface area contributed by atoms with E-state index in [1.54, 1.807) is 0 Å². The summed E-state index contributed by atoms with van der Waals surface area (Å²) in [5.41, 5.74) is 6.02. The van der Waals surface area contributed by atoms with Gasteiger partial charge in [-0.25, -0.2) is 9.59 Å². The molecular formula is C14H25N3O3. The molecule has 0 aromatic rings. The van der Waals surface area contributed by atoms with Crippen LogP contribution < -0.4 is 11.1 Å². The minimum absolute atomic E-state index is 0.0142. The Kier molecular flexibility index (Phi) is 4.86. The zero-order valence-corrected chi connectivity index (χ0v) is 12.0. The van der Waals surface area contributed by atoms with Crippen molar-refractivity contribution in [3.8, 4) is 0 Å². The third-order valence-corrected chi connectivity index (χ3v) is 4.54. The molecule has 1 aliphatic heterocycles. The van der Waals surface area contributed by atoms with Crippen LogP contribution in [-0.4, -0.2) is 46.7 Å². The predicted molar refractivity (Wildman–Crippen MR) is 75.3 cm³/mol. The van der Waals surface area contributed by atoms with Crippen LogP contribution in [0.4, 0.5) is 4.79 Å². The molecule has 2 fully saturated rings. The van der Waals surface area contributed by atoms with Gasteiger partial charge in [-0.3, -0.25) is 0 Å². The summed E-state index contributed by atoms with van der Waals surface area (Å²) in [7, 11) is 0. The van der Waals surface area contributed by atoms with E-state index in [0.29, 0.717) is 18.9 Å². The quantitative estimate of drug-likeness (QED) is 0.708. The lowest BCUT2D eigenvalue weighted by atomic mass is 9.90. The number of piperidine rings is 1. The van der Waals surface area contributed by atoms with E-state index in [2.05, 4.69) is 5.32 Å². The monoisotopic (exact) mass is 283 g/mol. The molecule has 114 valence electrons. The number of aliphatic carboxylic acids is 1. The zero-order valence-electron chi connectivity index (χ0n) is 12.0. The second-order valence-electron chi connectivity index (χ2n) is 6.18. The van der Waals surface area contributed by atoms with Crippen LogP contribution in [0.3, 0.4) is 0 Å². The largest absolute Gasteiger partial charge is 0.480 e. The molecule has 0 spiro atoms. The molecule has 1 saturated carbocycles. The molecule has 1 aliphatic carbocycles. The van der Waals surface area contributed by atoms with Crippen molar-refractivity contribution in [3.05, 3.63) is 0 Å². The molecule has 4 atom stereocenters. The number of hydrogen-bond acceptors (Lipinski definition) is 3. The number of carbonyl (C=O) groups excluding carboxylic acids is 1. The summed E-state index contributed by atoms with van der Waals surface area (Å²) >= 11 is 0. The van der Waals surface area contributed by atoms with Crippen LogP contribution in [0.2, 0.25) is 0 Å². The lowest BCUT2D eigenvalue weighted by Crippen LogP contribution is -2.58. The lowest BCUT2D eigenvalue weighted by Gasteiger charge is -2.38. The molecule has 0 aromatic heterocycles. The molecule has 2 aliphatic rings. The number of carboxylic acids is 1. The number of carbonyl (C=O) groups is 2. The van der Waals surface area contributed by atoms with Crippen molar-refractivity contribution in [2.45, 2.75) is 63.6 Å². The van der Waals surface area contributed by atoms with Crippen LogP contribution in [-0.2, 0) is 4.79 Å². The molecule has 1 saturated heterocycles. The van der Waals surface area contributed by atoms with Crippen molar-refractivity contribution >= 4 is 12.0 Å². The van der Waals surface area contributed by atoms with Gasteiger partial charge in [0, 0.05) is 18.6 Å². The highest BCUT2D eigenvalue weighted by Gasteiger charge is 2.36. The Balaban J connectivity index is 1.97. The van der Waals surface area contributed by atoms with Gasteiger partial charge in [-0.2, -0.15) is 0 Å². The Hall–Kier alpha value is -1.30. The Morgan fingerprint density at radius 3 is 2.60 bits per heavy atom. The van der Waals surface area contributed by atoms with Crippen LogP contribution >= 0.6 is 0 Å². The van der Waals surface area contributed by atoms with Gasteiger partial charge in [0.15, 0.2) is 0 Å². The number of likely N-dealkylation sites (tertiary alicyclic amines) is 1. The van der Waals surface area contributed by atoms with Gasteiger partial charge >= 0.3 is 12.0 Å². The fraction of sp³-hybridized carbons (Fsp3) is 0.857. The molecule has 1 heterocycles. The third-order valence-electron chi connectivity index (χ3n) is 4.54. The predicted octanol–water partition coefficient (Wildman–Crippen LogP) is 1.15. The number of amides is 2. The Morgan fingerprint density at radius 2 is 1.95 bits per heavy atom. The highest BCUT2D eigenvalue weighted by Crippen LogP contribution is 2.23. The normalized spacial score (nSPS) is 34.6. The summed E-state index contributed by atoms with van der Waals surface area (Å²) in [4.78, 5) is 25.1. The zero-order chi connectivity index (χ0) is 14.7. The standard InChI is InChI=1S/C14H25N3O3/c1-9-6-7-17(12(8-9)13(18)19)14(20)16-11-5-3-2-4-10(11)15/h9-12H,2-8,15H2,1H3,(H,16,20)(H,18,19). The molecule has 2 amide bonds. The number of nitrogens with zero attached hydrogens (tertiary/aromatic N) is 1. The molecule has 0 aromatic carbocycles. The van der Waals surface area contributed by atoms with Gasteiger partial charge in [0.2, 0.25) is 0 Å². The minimum atomic E-state index is -0.917. The first-order chi connectivity index (χ1) is 9.49. The Morgan fingerprint density at radius 1 is 1.25 bits per heavy atom. The molecule has 0 radical (unpaired) electrons. The van der Waals surface area contributed by atoms with E-state index < -0.39 is 12.0 Å². The first kappa shape index (κ1) is 15.1. The molecule has 6 heteroatoms. The molecule has 4 unspecified atom stereocenters. The van der Waals surface area contributed by atoms with Crippen molar-refractivity contribution in [1.29, 1.82) is 0 Å². The fourth-order valence-corrected chi connectivity index (χ4v) is 3.20. The van der Waals surface area contributed by atoms with E-state index in [0.717, 1.165) is 32.1 Å². The summed E-state index contributed by atoms with van der Waals surface area (Å²) < 4.78 is 0. The van der Waals surface area contributed by atoms with E-state index in [9.17, 15) is 14.7 Å². The number of carboxylic acid groups (broad SMARTS) is 1. The smallest absolute Gasteiger partial charge is 0.326 e. The summed E-state index contributed by atoms with van der Waals surface area (Å²) in [5, 5.41) is 12.2. The van der Waals surface area contributed by atoms with Gasteiger partial charge in [0.05, 0.1) is 0 Å². The van der Waals surface area contributed by atoms with Crippen molar-refractivity contribution in [2.75, 3.05) is 6.54 Å². The van der Waals surface area contributed by atoms with E-state index in [1.807, 2.05) is 6.92 Å². The van der Waals surface area contributed by atoms with Crippen LogP contribution in [0.1, 0.15) is 45.4 Å². The molecule has 6 nitrogen and oxygen atoms in total. The van der Waals surface area contributed by atoms with Gasteiger partial charge in [-0.1, -0.05) is 19.8 Å².